The van der Waals surface area contributed by atoms with Crippen LogP contribution in [0.5, 0.6) is 0 Å². The molecule has 0 aromatic rings. The molecule has 0 bridgehead atoms. The summed E-state index contributed by atoms with van der Waals surface area (Å²) < 4.78 is 26.7. The first-order chi connectivity index (χ1) is 5.97. The molecule has 1 heterocycles. The second-order valence-electron chi connectivity index (χ2n) is 3.27. The van der Waals surface area contributed by atoms with E-state index in [0.29, 0.717) is 12.0 Å². The molecule has 1 saturated heterocycles. The number of rotatable bonds is 4. The van der Waals surface area contributed by atoms with Gasteiger partial charge >= 0.3 is 0 Å². The van der Waals surface area contributed by atoms with E-state index in [0.717, 1.165) is 19.4 Å². The molecule has 3 nitrogen and oxygen atoms in total. The molecule has 1 unspecified atom stereocenters. The fourth-order valence-corrected chi connectivity index (χ4v) is 2.50. The standard InChI is InChI=1S/C8H13ClO3S/c1-7(6-13(9,10)11)5-8-3-2-4-12-8/h8H,1-6H2. The lowest BCUT2D eigenvalue weighted by Gasteiger charge is -2.09. The monoisotopic (exact) mass is 224 g/mol. The van der Waals surface area contributed by atoms with Crippen LogP contribution in [0.15, 0.2) is 12.2 Å². The zero-order chi connectivity index (χ0) is 9.90. The Kier molecular flexibility index (Phi) is 3.76. The fourth-order valence-electron chi connectivity index (χ4n) is 1.43. The minimum absolute atomic E-state index is 0.144. The molecule has 0 N–H and O–H groups in total. The lowest BCUT2D eigenvalue weighted by atomic mass is 10.1. The molecular weight excluding hydrogens is 212 g/mol. The van der Waals surface area contributed by atoms with Crippen molar-refractivity contribution in [1.82, 2.24) is 0 Å². The average molecular weight is 225 g/mol. The summed E-state index contributed by atoms with van der Waals surface area (Å²) in [5, 5.41) is 0. The van der Waals surface area contributed by atoms with Gasteiger partial charge in [0.05, 0.1) is 11.9 Å². The Bertz CT molecular complexity index is 278. The van der Waals surface area contributed by atoms with Crippen LogP contribution in [0.1, 0.15) is 19.3 Å². The summed E-state index contributed by atoms with van der Waals surface area (Å²) in [5.41, 5.74) is 0.627. The van der Waals surface area contributed by atoms with Crippen molar-refractivity contribution in [3.8, 4) is 0 Å². The third-order valence-electron chi connectivity index (χ3n) is 1.92. The number of ether oxygens (including phenoxy) is 1. The Labute approximate surface area is 83.1 Å². The van der Waals surface area contributed by atoms with Crippen molar-refractivity contribution in [2.24, 2.45) is 0 Å². The largest absolute Gasteiger partial charge is 0.378 e. The molecular formula is C8H13ClO3S. The van der Waals surface area contributed by atoms with Crippen LogP contribution >= 0.6 is 10.7 Å². The molecule has 0 aromatic carbocycles. The highest BCUT2D eigenvalue weighted by Crippen LogP contribution is 2.20. The summed E-state index contributed by atoms with van der Waals surface area (Å²) in [4.78, 5) is 0. The normalized spacial score (nSPS) is 23.3. The van der Waals surface area contributed by atoms with E-state index in [1.807, 2.05) is 0 Å². The van der Waals surface area contributed by atoms with Crippen molar-refractivity contribution in [1.29, 1.82) is 0 Å². The Morgan fingerprint density at radius 1 is 1.62 bits per heavy atom. The molecule has 0 saturated carbocycles. The smallest absolute Gasteiger partial charge is 0.236 e. The van der Waals surface area contributed by atoms with Crippen molar-refractivity contribution in [3.63, 3.8) is 0 Å². The van der Waals surface area contributed by atoms with Gasteiger partial charge in [-0.2, -0.15) is 0 Å². The van der Waals surface area contributed by atoms with E-state index in [-0.39, 0.29) is 11.9 Å². The molecule has 0 aromatic heterocycles. The Morgan fingerprint density at radius 2 is 2.31 bits per heavy atom. The number of halogens is 1. The van der Waals surface area contributed by atoms with Gasteiger partial charge in [-0.1, -0.05) is 12.2 Å². The minimum atomic E-state index is -3.45. The third-order valence-corrected chi connectivity index (χ3v) is 3.00. The van der Waals surface area contributed by atoms with Crippen LogP contribution in [0.3, 0.4) is 0 Å². The van der Waals surface area contributed by atoms with Crippen molar-refractivity contribution < 1.29 is 13.2 Å². The summed E-state index contributed by atoms with van der Waals surface area (Å²) >= 11 is 0. The van der Waals surface area contributed by atoms with Crippen LogP contribution in [-0.4, -0.2) is 26.9 Å². The average Bonchev–Trinajstić information content (AvgIpc) is 2.34. The highest BCUT2D eigenvalue weighted by Gasteiger charge is 2.18. The van der Waals surface area contributed by atoms with Crippen LogP contribution in [0, 0.1) is 0 Å². The number of hydrogen-bond donors (Lipinski definition) is 0. The Morgan fingerprint density at radius 3 is 2.77 bits per heavy atom. The molecule has 1 atom stereocenters. The first-order valence-corrected chi connectivity index (χ1v) is 6.66. The van der Waals surface area contributed by atoms with Crippen LogP contribution in [0.25, 0.3) is 0 Å². The SMILES string of the molecule is C=C(CC1CCCO1)CS(=O)(=O)Cl. The fraction of sp³-hybridized carbons (Fsp3) is 0.750. The van der Waals surface area contributed by atoms with E-state index in [1.54, 1.807) is 0 Å². The molecule has 1 aliphatic heterocycles. The maximum Gasteiger partial charge on any atom is 0.236 e. The minimum Gasteiger partial charge on any atom is -0.378 e. The predicted molar refractivity (Wildman–Crippen MR) is 52.4 cm³/mol. The van der Waals surface area contributed by atoms with Gasteiger partial charge in [-0.15, -0.1) is 0 Å². The van der Waals surface area contributed by atoms with Crippen LogP contribution in [-0.2, 0) is 13.8 Å². The van der Waals surface area contributed by atoms with Crippen LogP contribution in [0.2, 0.25) is 0 Å². The Hall–Kier alpha value is -0.0600. The first kappa shape index (κ1) is 11.0. The second-order valence-corrected chi connectivity index (χ2v) is 6.05. The summed E-state index contributed by atoms with van der Waals surface area (Å²) in [6.45, 7) is 4.43. The van der Waals surface area contributed by atoms with Crippen molar-refractivity contribution in [2.75, 3.05) is 12.4 Å². The van der Waals surface area contributed by atoms with Crippen LogP contribution < -0.4 is 0 Å². The quantitative estimate of drug-likeness (QED) is 0.539. The van der Waals surface area contributed by atoms with E-state index in [9.17, 15) is 8.42 Å². The van der Waals surface area contributed by atoms with Crippen molar-refractivity contribution >= 4 is 19.7 Å². The van der Waals surface area contributed by atoms with Crippen molar-refractivity contribution in [3.05, 3.63) is 12.2 Å². The lowest BCUT2D eigenvalue weighted by Crippen LogP contribution is -2.09. The van der Waals surface area contributed by atoms with E-state index < -0.39 is 9.05 Å². The van der Waals surface area contributed by atoms with Gasteiger partial charge in [-0.05, 0) is 19.3 Å². The van der Waals surface area contributed by atoms with Gasteiger partial charge in [0.15, 0.2) is 0 Å². The Balaban J connectivity index is 2.33. The van der Waals surface area contributed by atoms with Gasteiger partial charge in [-0.3, -0.25) is 0 Å². The molecule has 5 heteroatoms. The molecule has 1 aliphatic rings. The molecule has 0 spiro atoms. The third kappa shape index (κ3) is 4.64. The first-order valence-electron chi connectivity index (χ1n) is 4.18. The molecule has 0 radical (unpaired) electrons. The highest BCUT2D eigenvalue weighted by molar-refractivity contribution is 8.13. The predicted octanol–water partition coefficient (Wildman–Crippen LogP) is 1.68. The van der Waals surface area contributed by atoms with Gasteiger partial charge in [0.1, 0.15) is 0 Å². The zero-order valence-electron chi connectivity index (χ0n) is 7.33. The summed E-state index contributed by atoms with van der Waals surface area (Å²) in [6.07, 6.45) is 2.78. The zero-order valence-corrected chi connectivity index (χ0v) is 8.90. The molecule has 0 amide bonds. The second kappa shape index (κ2) is 4.44. The lowest BCUT2D eigenvalue weighted by molar-refractivity contribution is 0.111. The summed E-state index contributed by atoms with van der Waals surface area (Å²) in [6, 6.07) is 0. The van der Waals surface area contributed by atoms with Gasteiger partial charge in [-0.25, -0.2) is 8.42 Å². The summed E-state index contributed by atoms with van der Waals surface area (Å²) in [7, 11) is 1.64. The molecule has 13 heavy (non-hydrogen) atoms. The molecule has 1 rings (SSSR count). The highest BCUT2D eigenvalue weighted by atomic mass is 35.7. The van der Waals surface area contributed by atoms with E-state index >= 15 is 0 Å². The van der Waals surface area contributed by atoms with Gasteiger partial charge in [0.25, 0.3) is 0 Å². The van der Waals surface area contributed by atoms with Gasteiger partial charge in [0.2, 0.25) is 9.05 Å². The van der Waals surface area contributed by atoms with E-state index in [4.69, 9.17) is 15.4 Å². The maximum atomic E-state index is 10.7. The van der Waals surface area contributed by atoms with Gasteiger partial charge in [0, 0.05) is 17.3 Å². The molecule has 0 aliphatic carbocycles. The summed E-state index contributed by atoms with van der Waals surface area (Å²) in [5.74, 6) is -0.144. The van der Waals surface area contributed by atoms with Crippen LogP contribution in [0.4, 0.5) is 0 Å². The molecule has 76 valence electrons. The van der Waals surface area contributed by atoms with E-state index in [1.165, 1.54) is 0 Å². The van der Waals surface area contributed by atoms with E-state index in [2.05, 4.69) is 6.58 Å². The van der Waals surface area contributed by atoms with Gasteiger partial charge < -0.3 is 4.74 Å². The maximum absolute atomic E-state index is 10.7. The molecule has 1 fully saturated rings. The van der Waals surface area contributed by atoms with Crippen molar-refractivity contribution in [2.45, 2.75) is 25.4 Å². The number of hydrogen-bond acceptors (Lipinski definition) is 3. The topological polar surface area (TPSA) is 43.4 Å².